The number of aryl methyl sites for hydroxylation is 1. The first-order chi connectivity index (χ1) is 10.3. The molecule has 21 heavy (non-hydrogen) atoms. The molecule has 1 heterocycles. The van der Waals surface area contributed by atoms with E-state index in [1.54, 1.807) is 4.90 Å². The van der Waals surface area contributed by atoms with Crippen molar-refractivity contribution in [3.05, 3.63) is 29.8 Å². The zero-order chi connectivity index (χ0) is 15.1. The fourth-order valence-corrected chi connectivity index (χ4v) is 3.04. The smallest absolute Gasteiger partial charge is 0.282 e. The quantitative estimate of drug-likeness (QED) is 0.651. The Morgan fingerprint density at radius 3 is 2.81 bits per heavy atom. The summed E-state index contributed by atoms with van der Waals surface area (Å²) >= 11 is 0. The van der Waals surface area contributed by atoms with Gasteiger partial charge in [-0.1, -0.05) is 18.2 Å². The first-order valence-electron chi connectivity index (χ1n) is 8.29. The highest BCUT2D eigenvalue weighted by Gasteiger charge is 2.22. The van der Waals surface area contributed by atoms with Gasteiger partial charge in [0.15, 0.2) is 6.54 Å². The first-order valence-corrected chi connectivity index (χ1v) is 8.29. The Morgan fingerprint density at radius 2 is 2.05 bits per heavy atom. The topological polar surface area (TPSA) is 41.4 Å². The minimum Gasteiger partial charge on any atom is -0.334 e. The largest absolute Gasteiger partial charge is 0.334 e. The lowest BCUT2D eigenvalue weighted by Gasteiger charge is -2.28. The summed E-state index contributed by atoms with van der Waals surface area (Å²) in [7, 11) is 0. The Balaban J connectivity index is 1.82. The molecule has 4 nitrogen and oxygen atoms in total. The molecule has 0 aromatic heterocycles. The van der Waals surface area contributed by atoms with Crippen molar-refractivity contribution < 1.29 is 15.0 Å². The molecule has 1 amide bonds. The van der Waals surface area contributed by atoms with E-state index >= 15 is 0 Å². The first kappa shape index (κ1) is 16.0. The van der Waals surface area contributed by atoms with Crippen LogP contribution in [0.3, 0.4) is 0 Å². The number of carbonyl (C=O) groups is 1. The molecule has 1 aliphatic rings. The van der Waals surface area contributed by atoms with Gasteiger partial charge < -0.3 is 15.1 Å². The molecule has 3 N–H and O–H groups in total. The molecule has 0 saturated heterocycles. The van der Waals surface area contributed by atoms with E-state index in [9.17, 15) is 4.79 Å². The van der Waals surface area contributed by atoms with Gasteiger partial charge in [-0.2, -0.15) is 0 Å². The van der Waals surface area contributed by atoms with Gasteiger partial charge in [-0.05, 0) is 38.3 Å². The highest BCUT2D eigenvalue weighted by Crippen LogP contribution is 2.26. The number of nitrogens with one attached hydrogen (secondary N) is 1. The van der Waals surface area contributed by atoms with Crippen LogP contribution in [0, 0.1) is 0 Å². The lowest BCUT2D eigenvalue weighted by molar-refractivity contribution is -0.908. The summed E-state index contributed by atoms with van der Waals surface area (Å²) in [6, 6.07) is 8.30. The molecule has 4 heteroatoms. The molecule has 0 unspecified atom stereocenters. The van der Waals surface area contributed by atoms with Gasteiger partial charge in [0.2, 0.25) is 0 Å². The summed E-state index contributed by atoms with van der Waals surface area (Å²) in [6.07, 6.45) is 2.17. The molecule has 0 atom stereocenters. The Bertz CT molecular complexity index is 457. The molecule has 1 aromatic carbocycles. The molecule has 1 aromatic rings. The maximum absolute atomic E-state index is 12.4. The van der Waals surface area contributed by atoms with E-state index in [4.69, 9.17) is 0 Å². The van der Waals surface area contributed by atoms with Crippen molar-refractivity contribution in [3.63, 3.8) is 0 Å². The molecule has 116 valence electrons. The number of quaternary nitrogens is 2. The average Bonchev–Trinajstić information content (AvgIpc) is 2.54. The van der Waals surface area contributed by atoms with Crippen LogP contribution in [0.2, 0.25) is 0 Å². The van der Waals surface area contributed by atoms with Crippen LogP contribution in [0.4, 0.5) is 5.69 Å². The summed E-state index contributed by atoms with van der Waals surface area (Å²) in [6.45, 7) is 10.4. The molecule has 0 saturated carbocycles. The highest BCUT2D eigenvalue weighted by molar-refractivity contribution is 5.95. The van der Waals surface area contributed by atoms with Crippen molar-refractivity contribution >= 4 is 11.6 Å². The fourth-order valence-electron chi connectivity index (χ4n) is 3.04. The number of rotatable bonds is 7. The molecular weight excluding hydrogens is 262 g/mol. The van der Waals surface area contributed by atoms with Gasteiger partial charge in [0, 0.05) is 12.2 Å². The van der Waals surface area contributed by atoms with E-state index in [1.165, 1.54) is 5.56 Å². The number of carbonyl (C=O) groups excluding carboxylic acids is 1. The number of benzene rings is 1. The third-order valence-electron chi connectivity index (χ3n) is 4.43. The van der Waals surface area contributed by atoms with Crippen LogP contribution in [0.1, 0.15) is 25.8 Å². The van der Waals surface area contributed by atoms with E-state index in [0.717, 1.165) is 51.3 Å². The van der Waals surface area contributed by atoms with Crippen LogP contribution >= 0.6 is 0 Å². The Kier molecular flexibility index (Phi) is 6.21. The second kappa shape index (κ2) is 8.15. The third-order valence-corrected chi connectivity index (χ3v) is 4.43. The lowest BCUT2D eigenvalue weighted by Crippen LogP contribution is -3.14. The molecule has 0 bridgehead atoms. The van der Waals surface area contributed by atoms with E-state index in [-0.39, 0.29) is 5.91 Å². The van der Waals surface area contributed by atoms with Gasteiger partial charge in [0.25, 0.3) is 5.91 Å². The van der Waals surface area contributed by atoms with Gasteiger partial charge in [0.05, 0.1) is 13.1 Å². The number of para-hydroxylation sites is 1. The van der Waals surface area contributed by atoms with E-state index in [0.29, 0.717) is 6.54 Å². The van der Waals surface area contributed by atoms with Gasteiger partial charge in [0.1, 0.15) is 13.1 Å². The van der Waals surface area contributed by atoms with Crippen molar-refractivity contribution in [2.45, 2.75) is 26.7 Å². The third kappa shape index (κ3) is 4.29. The number of likely N-dealkylation sites (N-methyl/N-ethyl adjacent to an activating group) is 1. The van der Waals surface area contributed by atoms with E-state index in [2.05, 4.69) is 37.4 Å². The van der Waals surface area contributed by atoms with Crippen LogP contribution in [0.25, 0.3) is 0 Å². The minimum atomic E-state index is 0.247. The number of amides is 1. The molecule has 0 spiro atoms. The van der Waals surface area contributed by atoms with E-state index < -0.39 is 0 Å². The molecule has 0 radical (unpaired) electrons. The van der Waals surface area contributed by atoms with Gasteiger partial charge in [-0.25, -0.2) is 0 Å². The van der Waals surface area contributed by atoms with Crippen LogP contribution in [0.15, 0.2) is 24.3 Å². The predicted molar refractivity (Wildman–Crippen MR) is 85.7 cm³/mol. The number of fused-ring (bicyclic) bond motifs is 1. The predicted octanol–water partition coefficient (Wildman–Crippen LogP) is -0.546. The van der Waals surface area contributed by atoms with Crippen molar-refractivity contribution in [1.82, 2.24) is 0 Å². The maximum atomic E-state index is 12.4. The van der Waals surface area contributed by atoms with Crippen molar-refractivity contribution in [2.75, 3.05) is 44.2 Å². The van der Waals surface area contributed by atoms with Crippen molar-refractivity contribution in [2.24, 2.45) is 0 Å². The Hall–Kier alpha value is -1.39. The van der Waals surface area contributed by atoms with E-state index in [1.807, 2.05) is 11.0 Å². The summed E-state index contributed by atoms with van der Waals surface area (Å²) in [5, 5.41) is 2.16. The zero-order valence-corrected chi connectivity index (χ0v) is 13.4. The number of hydrogen-bond donors (Lipinski definition) is 2. The number of nitrogens with zero attached hydrogens (tertiary/aromatic N) is 1. The van der Waals surface area contributed by atoms with Crippen LogP contribution in [-0.2, 0) is 11.2 Å². The summed E-state index contributed by atoms with van der Waals surface area (Å²) in [4.78, 5) is 16.0. The maximum Gasteiger partial charge on any atom is 0.282 e. The second-order valence-electron chi connectivity index (χ2n) is 5.77. The van der Waals surface area contributed by atoms with Crippen molar-refractivity contribution in [1.29, 1.82) is 0 Å². The molecule has 1 aliphatic heterocycles. The van der Waals surface area contributed by atoms with Crippen LogP contribution in [0.5, 0.6) is 0 Å². The Morgan fingerprint density at radius 1 is 1.29 bits per heavy atom. The normalized spacial score (nSPS) is 14.3. The van der Waals surface area contributed by atoms with Crippen molar-refractivity contribution in [3.8, 4) is 0 Å². The number of nitrogens with two attached hydrogens (primary N) is 1. The minimum absolute atomic E-state index is 0.247. The lowest BCUT2D eigenvalue weighted by atomic mass is 10.0. The zero-order valence-electron chi connectivity index (χ0n) is 13.4. The van der Waals surface area contributed by atoms with Gasteiger partial charge in [-0.15, -0.1) is 0 Å². The second-order valence-corrected chi connectivity index (χ2v) is 5.77. The van der Waals surface area contributed by atoms with Gasteiger partial charge in [-0.3, -0.25) is 4.79 Å². The van der Waals surface area contributed by atoms with Crippen LogP contribution in [-0.4, -0.2) is 45.2 Å². The molecule has 2 rings (SSSR count). The van der Waals surface area contributed by atoms with Gasteiger partial charge >= 0.3 is 0 Å². The monoisotopic (exact) mass is 291 g/mol. The average molecular weight is 291 g/mol. The van der Waals surface area contributed by atoms with Crippen LogP contribution < -0.4 is 15.1 Å². The highest BCUT2D eigenvalue weighted by atomic mass is 16.2. The molecule has 0 aliphatic carbocycles. The fraction of sp³-hybridized carbons (Fsp3) is 0.588. The molecule has 0 fully saturated rings. The Labute approximate surface area is 128 Å². The molecular formula is C17H29N3O+2. The summed E-state index contributed by atoms with van der Waals surface area (Å²) in [5.74, 6) is 0.247. The summed E-state index contributed by atoms with van der Waals surface area (Å²) < 4.78 is 0. The summed E-state index contributed by atoms with van der Waals surface area (Å²) in [5.41, 5.74) is 2.43. The number of hydrogen-bond acceptors (Lipinski definition) is 1. The number of anilines is 1. The SMILES string of the molecule is CC[NH+](CC)CC[NH2+]CC(=O)N1CCCc2ccccc21. The standard InChI is InChI=1S/C17H27N3O/c1-3-19(4-2)13-11-18-14-17(21)20-12-7-9-15-8-5-6-10-16(15)20/h5-6,8,10,18H,3-4,7,9,11-14H2,1-2H3/p+2.